The minimum Gasteiger partial charge on any atom is -0.506 e. The first-order chi connectivity index (χ1) is 8.75. The topological polar surface area (TPSA) is 86.6 Å². The molecule has 2 rings (SSSR count). The van der Waals surface area contributed by atoms with E-state index >= 15 is 0 Å². The van der Waals surface area contributed by atoms with Crippen LogP contribution in [0.2, 0.25) is 5.02 Å². The standard InChI is InChI=1S/C13H14ClNO4/c1-13(2)9(10(13)12(18)19)11(17)15-7-5-6(14)3-4-8(7)16/h3-5,9-10,16H,1-2H3,(H,15,17)(H,18,19)/t9-,10-/m0/s1. The first-order valence-corrected chi connectivity index (χ1v) is 6.15. The highest BCUT2D eigenvalue weighted by molar-refractivity contribution is 6.31. The fourth-order valence-electron chi connectivity index (χ4n) is 2.41. The van der Waals surface area contributed by atoms with Gasteiger partial charge < -0.3 is 15.5 Å². The molecule has 5 nitrogen and oxygen atoms in total. The van der Waals surface area contributed by atoms with Crippen LogP contribution < -0.4 is 5.32 Å². The van der Waals surface area contributed by atoms with Crippen molar-refractivity contribution in [2.24, 2.45) is 17.3 Å². The van der Waals surface area contributed by atoms with Crippen LogP contribution in [-0.4, -0.2) is 22.1 Å². The number of nitrogens with one attached hydrogen (secondary N) is 1. The van der Waals surface area contributed by atoms with Crippen molar-refractivity contribution in [2.75, 3.05) is 5.32 Å². The molecule has 1 aromatic rings. The van der Waals surface area contributed by atoms with Crippen LogP contribution in [0.25, 0.3) is 0 Å². The number of halogens is 1. The van der Waals surface area contributed by atoms with Crippen LogP contribution in [0.1, 0.15) is 13.8 Å². The molecule has 1 saturated carbocycles. The molecule has 2 atom stereocenters. The first kappa shape index (κ1) is 13.7. The molecular formula is C13H14ClNO4. The average Bonchev–Trinajstić information content (AvgIpc) is 2.87. The lowest BCUT2D eigenvalue weighted by Crippen LogP contribution is -2.17. The van der Waals surface area contributed by atoms with Gasteiger partial charge in [-0.05, 0) is 23.6 Å². The van der Waals surface area contributed by atoms with Gasteiger partial charge in [0, 0.05) is 5.02 Å². The smallest absolute Gasteiger partial charge is 0.307 e. The fourth-order valence-corrected chi connectivity index (χ4v) is 2.58. The first-order valence-electron chi connectivity index (χ1n) is 5.77. The molecule has 19 heavy (non-hydrogen) atoms. The lowest BCUT2D eigenvalue weighted by Gasteiger charge is -2.08. The number of rotatable bonds is 3. The van der Waals surface area contributed by atoms with Crippen LogP contribution in [0.15, 0.2) is 18.2 Å². The van der Waals surface area contributed by atoms with E-state index in [1.807, 2.05) is 0 Å². The summed E-state index contributed by atoms with van der Waals surface area (Å²) in [6.07, 6.45) is 0. The van der Waals surface area contributed by atoms with Crippen LogP contribution in [0.5, 0.6) is 5.75 Å². The number of carboxylic acids is 1. The van der Waals surface area contributed by atoms with Crippen molar-refractivity contribution in [1.82, 2.24) is 0 Å². The SMILES string of the molecule is CC1(C)[C@H](C(=O)O)[C@H]1C(=O)Nc1cc(Cl)ccc1O. The lowest BCUT2D eigenvalue weighted by atomic mass is 10.1. The zero-order valence-electron chi connectivity index (χ0n) is 10.5. The summed E-state index contributed by atoms with van der Waals surface area (Å²) in [6, 6.07) is 4.28. The summed E-state index contributed by atoms with van der Waals surface area (Å²) in [4.78, 5) is 23.1. The third kappa shape index (κ3) is 2.38. The Morgan fingerprint density at radius 2 is 1.95 bits per heavy atom. The van der Waals surface area contributed by atoms with Gasteiger partial charge in [0.1, 0.15) is 5.75 Å². The highest BCUT2D eigenvalue weighted by Crippen LogP contribution is 2.58. The zero-order chi connectivity index (χ0) is 14.4. The summed E-state index contributed by atoms with van der Waals surface area (Å²) in [7, 11) is 0. The van der Waals surface area contributed by atoms with Crippen molar-refractivity contribution in [3.05, 3.63) is 23.2 Å². The maximum atomic E-state index is 12.0. The van der Waals surface area contributed by atoms with E-state index in [-0.39, 0.29) is 11.4 Å². The van der Waals surface area contributed by atoms with Crippen molar-refractivity contribution in [2.45, 2.75) is 13.8 Å². The Labute approximate surface area is 115 Å². The third-order valence-corrected chi connectivity index (χ3v) is 3.83. The normalized spacial score (nSPS) is 23.7. The van der Waals surface area contributed by atoms with Crippen molar-refractivity contribution >= 4 is 29.2 Å². The zero-order valence-corrected chi connectivity index (χ0v) is 11.2. The largest absolute Gasteiger partial charge is 0.506 e. The van der Waals surface area contributed by atoms with Crippen LogP contribution in [-0.2, 0) is 9.59 Å². The molecule has 0 aliphatic heterocycles. The predicted octanol–water partition coefficient (Wildman–Crippen LogP) is 2.34. The highest BCUT2D eigenvalue weighted by atomic mass is 35.5. The number of carbonyl (C=O) groups excluding carboxylic acids is 1. The number of anilines is 1. The molecule has 0 unspecified atom stereocenters. The Hall–Kier alpha value is -1.75. The predicted molar refractivity (Wildman–Crippen MR) is 70.1 cm³/mol. The van der Waals surface area contributed by atoms with E-state index in [4.69, 9.17) is 16.7 Å². The summed E-state index contributed by atoms with van der Waals surface area (Å²) in [5.41, 5.74) is -0.395. The number of benzene rings is 1. The molecule has 0 radical (unpaired) electrons. The van der Waals surface area contributed by atoms with Crippen LogP contribution in [0, 0.1) is 17.3 Å². The van der Waals surface area contributed by atoms with Crippen LogP contribution >= 0.6 is 11.6 Å². The van der Waals surface area contributed by atoms with E-state index in [0.717, 1.165) is 0 Å². The molecule has 0 saturated heterocycles. The van der Waals surface area contributed by atoms with Gasteiger partial charge in [0.25, 0.3) is 0 Å². The molecule has 102 valence electrons. The summed E-state index contributed by atoms with van der Waals surface area (Å²) < 4.78 is 0. The van der Waals surface area contributed by atoms with Gasteiger partial charge in [0.05, 0.1) is 17.5 Å². The van der Waals surface area contributed by atoms with Gasteiger partial charge in [-0.25, -0.2) is 0 Å². The van der Waals surface area contributed by atoms with Crippen molar-refractivity contribution in [1.29, 1.82) is 0 Å². The van der Waals surface area contributed by atoms with Gasteiger partial charge in [0.15, 0.2) is 0 Å². The van der Waals surface area contributed by atoms with Crippen molar-refractivity contribution in [3.63, 3.8) is 0 Å². The second-order valence-electron chi connectivity index (χ2n) is 5.27. The number of aliphatic carboxylic acids is 1. The minimum absolute atomic E-state index is 0.108. The molecule has 0 aromatic heterocycles. The van der Waals surface area contributed by atoms with Gasteiger partial charge in [-0.2, -0.15) is 0 Å². The van der Waals surface area contributed by atoms with E-state index in [0.29, 0.717) is 5.02 Å². The maximum Gasteiger partial charge on any atom is 0.307 e. The molecular weight excluding hydrogens is 270 g/mol. The monoisotopic (exact) mass is 283 g/mol. The van der Waals surface area contributed by atoms with E-state index in [1.54, 1.807) is 13.8 Å². The molecule has 0 heterocycles. The number of carboxylic acid groups (broad SMARTS) is 1. The third-order valence-electron chi connectivity index (χ3n) is 3.59. The highest BCUT2D eigenvalue weighted by Gasteiger charge is 2.65. The number of phenolic OH excluding ortho intramolecular Hbond substituents is 1. The number of phenols is 1. The Bertz CT molecular complexity index is 556. The fraction of sp³-hybridized carbons (Fsp3) is 0.385. The summed E-state index contributed by atoms with van der Waals surface area (Å²) in [5.74, 6) is -2.82. The number of amides is 1. The number of hydrogen-bond acceptors (Lipinski definition) is 3. The second-order valence-corrected chi connectivity index (χ2v) is 5.70. The second kappa shape index (κ2) is 4.42. The maximum absolute atomic E-state index is 12.0. The van der Waals surface area contributed by atoms with E-state index in [2.05, 4.69) is 5.32 Å². The molecule has 1 amide bonds. The molecule has 0 spiro atoms. The molecule has 6 heteroatoms. The van der Waals surface area contributed by atoms with E-state index in [9.17, 15) is 14.7 Å². The average molecular weight is 284 g/mol. The molecule has 1 aliphatic carbocycles. The summed E-state index contributed by atoms with van der Waals surface area (Å²) >= 11 is 5.77. The van der Waals surface area contributed by atoms with Crippen molar-refractivity contribution < 1.29 is 19.8 Å². The summed E-state index contributed by atoms with van der Waals surface area (Å²) in [6.45, 7) is 3.46. The van der Waals surface area contributed by atoms with Crippen LogP contribution in [0.3, 0.4) is 0 Å². The van der Waals surface area contributed by atoms with E-state index in [1.165, 1.54) is 18.2 Å². The van der Waals surface area contributed by atoms with Gasteiger partial charge in [-0.1, -0.05) is 25.4 Å². The molecule has 0 bridgehead atoms. The Balaban J connectivity index is 2.15. The molecule has 1 fully saturated rings. The Kier molecular flexibility index (Phi) is 3.18. The Morgan fingerprint density at radius 1 is 1.32 bits per heavy atom. The number of aromatic hydroxyl groups is 1. The minimum atomic E-state index is -0.986. The van der Waals surface area contributed by atoms with Gasteiger partial charge in [-0.3, -0.25) is 9.59 Å². The molecule has 1 aromatic carbocycles. The van der Waals surface area contributed by atoms with Gasteiger partial charge >= 0.3 is 5.97 Å². The molecule has 3 N–H and O–H groups in total. The van der Waals surface area contributed by atoms with Crippen LogP contribution in [0.4, 0.5) is 5.69 Å². The van der Waals surface area contributed by atoms with Crippen molar-refractivity contribution in [3.8, 4) is 5.75 Å². The van der Waals surface area contributed by atoms with Gasteiger partial charge in [0.2, 0.25) is 5.91 Å². The number of hydrogen-bond donors (Lipinski definition) is 3. The number of carbonyl (C=O) groups is 2. The lowest BCUT2D eigenvalue weighted by molar-refractivity contribution is -0.140. The molecule has 1 aliphatic rings. The summed E-state index contributed by atoms with van der Waals surface area (Å²) in [5, 5.41) is 21.5. The quantitative estimate of drug-likeness (QED) is 0.743. The Morgan fingerprint density at radius 3 is 2.47 bits per heavy atom. The van der Waals surface area contributed by atoms with Gasteiger partial charge in [-0.15, -0.1) is 0 Å². The van der Waals surface area contributed by atoms with E-state index < -0.39 is 29.1 Å².